The summed E-state index contributed by atoms with van der Waals surface area (Å²) in [6.45, 7) is 6.38. The fourth-order valence-electron chi connectivity index (χ4n) is 1.85. The average Bonchev–Trinajstić information content (AvgIpc) is 3.05. The van der Waals surface area contributed by atoms with Gasteiger partial charge in [-0.05, 0) is 43.3 Å². The number of aromatic nitrogens is 2. The molecule has 1 aliphatic heterocycles. The monoisotopic (exact) mass is 369 g/mol. The number of hydrogen-bond acceptors (Lipinski definition) is 4. The number of aryl methyl sites for hydroxylation is 1. The molecule has 1 aromatic carbocycles. The van der Waals surface area contributed by atoms with Gasteiger partial charge in [-0.25, -0.2) is 4.98 Å². The van der Waals surface area contributed by atoms with Crippen LogP contribution in [0.15, 0.2) is 34.2 Å². The Bertz CT molecular complexity index is 715. The average molecular weight is 370 g/mol. The van der Waals surface area contributed by atoms with Crippen LogP contribution in [0.1, 0.15) is 31.3 Å². The van der Waals surface area contributed by atoms with Crippen molar-refractivity contribution >= 4 is 40.8 Å². The summed E-state index contributed by atoms with van der Waals surface area (Å²) in [6.07, 6.45) is 0. The maximum Gasteiger partial charge on any atom is 0.322 e. The van der Waals surface area contributed by atoms with Crippen molar-refractivity contribution in [2.45, 2.75) is 36.6 Å². The van der Waals surface area contributed by atoms with Crippen molar-refractivity contribution < 1.29 is 4.84 Å². The van der Waals surface area contributed by atoms with Crippen molar-refractivity contribution in [2.75, 3.05) is 7.05 Å². The van der Waals surface area contributed by atoms with Crippen LogP contribution in [0.25, 0.3) is 0 Å². The summed E-state index contributed by atoms with van der Waals surface area (Å²) >= 11 is 12.2. The van der Waals surface area contributed by atoms with E-state index < -0.39 is 0 Å². The SMILES string of the molecule is CN1OC1=S.Cc1nc(C(C)C)c(Sc2cccc(Cl)c2)n1C. The number of hydrogen-bond donors (Lipinski definition) is 0. The minimum atomic E-state index is 0.423. The van der Waals surface area contributed by atoms with E-state index >= 15 is 0 Å². The maximum absolute atomic E-state index is 6.02. The summed E-state index contributed by atoms with van der Waals surface area (Å²) in [7, 11) is 3.82. The summed E-state index contributed by atoms with van der Waals surface area (Å²) in [5.41, 5.74) is 1.15. The Hall–Kier alpha value is -1.24. The Kier molecular flexibility index (Phi) is 5.95. The highest BCUT2D eigenvalue weighted by Crippen LogP contribution is 2.34. The van der Waals surface area contributed by atoms with Crippen LogP contribution in [0.4, 0.5) is 0 Å². The predicted molar refractivity (Wildman–Crippen MR) is 99.1 cm³/mol. The van der Waals surface area contributed by atoms with E-state index in [1.54, 1.807) is 18.8 Å². The van der Waals surface area contributed by atoms with E-state index in [-0.39, 0.29) is 0 Å². The first-order chi connectivity index (χ1) is 10.8. The van der Waals surface area contributed by atoms with Crippen LogP contribution in [0.3, 0.4) is 0 Å². The molecule has 0 atom stereocenters. The maximum atomic E-state index is 6.02. The highest BCUT2D eigenvalue weighted by Gasteiger charge is 2.21. The number of nitrogens with zero attached hydrogens (tertiary/aromatic N) is 3. The number of benzene rings is 1. The molecule has 124 valence electrons. The topological polar surface area (TPSA) is 33.4 Å². The summed E-state index contributed by atoms with van der Waals surface area (Å²) in [5.74, 6) is 1.47. The molecule has 3 rings (SSSR count). The van der Waals surface area contributed by atoms with E-state index in [2.05, 4.69) is 53.6 Å². The molecule has 0 N–H and O–H groups in total. The number of rotatable bonds is 3. The molecule has 0 bridgehead atoms. The van der Waals surface area contributed by atoms with Crippen molar-refractivity contribution in [2.24, 2.45) is 7.05 Å². The number of imidazole rings is 1. The van der Waals surface area contributed by atoms with Crippen LogP contribution in [-0.2, 0) is 11.9 Å². The Balaban J connectivity index is 0.000000326. The van der Waals surface area contributed by atoms with Crippen LogP contribution in [0, 0.1) is 6.92 Å². The van der Waals surface area contributed by atoms with Gasteiger partial charge in [-0.1, -0.05) is 43.3 Å². The third-order valence-electron chi connectivity index (χ3n) is 3.29. The van der Waals surface area contributed by atoms with Gasteiger partial charge in [0.1, 0.15) is 10.9 Å². The van der Waals surface area contributed by atoms with E-state index in [1.807, 2.05) is 25.1 Å². The summed E-state index contributed by atoms with van der Waals surface area (Å²) in [5, 5.41) is 4.08. The van der Waals surface area contributed by atoms with Gasteiger partial charge < -0.3 is 9.40 Å². The molecule has 0 aliphatic carbocycles. The molecule has 0 saturated carbocycles. The molecule has 2 aromatic rings. The predicted octanol–water partition coefficient (Wildman–Crippen LogP) is 4.80. The van der Waals surface area contributed by atoms with Gasteiger partial charge in [0.15, 0.2) is 0 Å². The van der Waals surface area contributed by atoms with E-state index in [0.29, 0.717) is 11.1 Å². The van der Waals surface area contributed by atoms with Gasteiger partial charge in [0.05, 0.1) is 5.69 Å². The van der Waals surface area contributed by atoms with E-state index in [9.17, 15) is 0 Å². The van der Waals surface area contributed by atoms with Gasteiger partial charge in [-0.2, -0.15) is 5.06 Å². The van der Waals surface area contributed by atoms with Crippen LogP contribution in [-0.4, -0.2) is 26.8 Å². The molecular weight excluding hydrogens is 350 g/mol. The zero-order valence-electron chi connectivity index (χ0n) is 13.8. The lowest BCUT2D eigenvalue weighted by molar-refractivity contribution is 0.243. The molecule has 7 heteroatoms. The molecule has 0 unspecified atom stereocenters. The van der Waals surface area contributed by atoms with Crippen molar-refractivity contribution in [1.82, 2.24) is 14.6 Å². The molecule has 0 spiro atoms. The highest BCUT2D eigenvalue weighted by atomic mass is 35.5. The second kappa shape index (κ2) is 7.55. The van der Waals surface area contributed by atoms with E-state index in [0.717, 1.165) is 21.4 Å². The third-order valence-corrected chi connectivity index (χ3v) is 5.02. The van der Waals surface area contributed by atoms with Crippen LogP contribution >= 0.6 is 35.6 Å². The van der Waals surface area contributed by atoms with Gasteiger partial charge in [-0.3, -0.25) is 0 Å². The van der Waals surface area contributed by atoms with Crippen molar-refractivity contribution in [3.05, 3.63) is 40.8 Å². The van der Waals surface area contributed by atoms with Gasteiger partial charge >= 0.3 is 5.17 Å². The molecule has 0 radical (unpaired) electrons. The largest absolute Gasteiger partial charge is 0.342 e. The Morgan fingerprint density at radius 1 is 1.30 bits per heavy atom. The smallest absolute Gasteiger partial charge is 0.322 e. The number of hydroxylamine groups is 2. The molecule has 1 saturated heterocycles. The molecule has 1 aromatic heterocycles. The quantitative estimate of drug-likeness (QED) is 0.573. The zero-order chi connectivity index (χ0) is 17.1. The van der Waals surface area contributed by atoms with Crippen molar-refractivity contribution in [3.8, 4) is 0 Å². The van der Waals surface area contributed by atoms with Gasteiger partial charge in [-0.15, -0.1) is 0 Å². The van der Waals surface area contributed by atoms with Gasteiger partial charge in [0.2, 0.25) is 0 Å². The second-order valence-corrected chi connectivity index (χ2v) is 7.33. The molecule has 2 heterocycles. The standard InChI is InChI=1S/C14H17ClN2S.C2H3NOS/c1-9(2)13-14(17(4)10(3)16-13)18-12-7-5-6-11(15)8-12;1-3-2(5)4-3/h5-9H,1-4H3;1H3. The fraction of sp³-hybridized carbons (Fsp3) is 0.375. The minimum Gasteiger partial charge on any atom is -0.342 e. The van der Waals surface area contributed by atoms with Gasteiger partial charge in [0, 0.05) is 24.0 Å². The van der Waals surface area contributed by atoms with Gasteiger partial charge in [0.25, 0.3) is 0 Å². The normalized spacial score (nSPS) is 12.8. The first kappa shape index (κ1) is 18.1. The molecule has 4 nitrogen and oxygen atoms in total. The summed E-state index contributed by atoms with van der Waals surface area (Å²) in [6, 6.07) is 7.92. The van der Waals surface area contributed by atoms with Crippen LogP contribution in [0.5, 0.6) is 0 Å². The van der Waals surface area contributed by atoms with Crippen molar-refractivity contribution in [3.63, 3.8) is 0 Å². The minimum absolute atomic E-state index is 0.423. The zero-order valence-corrected chi connectivity index (χ0v) is 16.2. The highest BCUT2D eigenvalue weighted by molar-refractivity contribution is 7.99. The van der Waals surface area contributed by atoms with Crippen LogP contribution < -0.4 is 0 Å². The van der Waals surface area contributed by atoms with E-state index in [4.69, 9.17) is 11.6 Å². The molecular formula is C16H20ClN3OS2. The Morgan fingerprint density at radius 2 is 1.91 bits per heavy atom. The lowest BCUT2D eigenvalue weighted by Crippen LogP contribution is -1.95. The lowest BCUT2D eigenvalue weighted by Gasteiger charge is -2.08. The first-order valence-electron chi connectivity index (χ1n) is 7.22. The second-order valence-electron chi connectivity index (χ2n) is 5.48. The third kappa shape index (κ3) is 4.86. The lowest BCUT2D eigenvalue weighted by atomic mass is 10.2. The Morgan fingerprint density at radius 3 is 2.39 bits per heavy atom. The molecule has 1 aliphatic rings. The number of thiocarbonyl (C=S) groups is 1. The molecule has 23 heavy (non-hydrogen) atoms. The summed E-state index contributed by atoms with van der Waals surface area (Å²) in [4.78, 5) is 10.3. The van der Waals surface area contributed by atoms with Crippen LogP contribution in [0.2, 0.25) is 5.02 Å². The number of halogens is 1. The molecule has 1 fully saturated rings. The van der Waals surface area contributed by atoms with Crippen molar-refractivity contribution in [1.29, 1.82) is 0 Å². The Labute approximate surface area is 151 Å². The molecule has 0 amide bonds. The fourth-order valence-corrected chi connectivity index (χ4v) is 3.43. The summed E-state index contributed by atoms with van der Waals surface area (Å²) < 4.78 is 2.14. The first-order valence-corrected chi connectivity index (χ1v) is 8.82. The van der Waals surface area contributed by atoms with E-state index in [1.165, 1.54) is 10.1 Å².